The molecule has 84 valence electrons. The maximum absolute atomic E-state index is 4.40. The minimum absolute atomic E-state index is 0.560. The van der Waals surface area contributed by atoms with Crippen LogP contribution in [0, 0.1) is 22.2 Å². The summed E-state index contributed by atoms with van der Waals surface area (Å²) >= 11 is 0. The Morgan fingerprint density at radius 1 is 1.13 bits per heavy atom. The zero-order chi connectivity index (χ0) is 10.9. The number of hydrogen-bond acceptors (Lipinski definition) is 0. The van der Waals surface area contributed by atoms with Gasteiger partial charge < -0.3 is 0 Å². The third-order valence-corrected chi connectivity index (χ3v) is 6.83. The van der Waals surface area contributed by atoms with Crippen molar-refractivity contribution in [2.75, 3.05) is 0 Å². The van der Waals surface area contributed by atoms with Crippen LogP contribution in [-0.4, -0.2) is 0 Å². The van der Waals surface area contributed by atoms with E-state index in [1.54, 1.807) is 5.57 Å². The summed E-state index contributed by atoms with van der Waals surface area (Å²) in [6, 6.07) is 0. The molecule has 0 heteroatoms. The van der Waals surface area contributed by atoms with E-state index in [1.165, 1.54) is 38.5 Å². The quantitative estimate of drug-likeness (QED) is 0.507. The SMILES string of the molecule is C=C1C[C@@]2(C)CCC[C@@]3(C)[C@@H]1CC[C@@]23C. The minimum atomic E-state index is 0.560. The van der Waals surface area contributed by atoms with Crippen molar-refractivity contribution < 1.29 is 0 Å². The largest absolute Gasteiger partial charge is 0.0995 e. The molecule has 0 aromatic rings. The van der Waals surface area contributed by atoms with Gasteiger partial charge in [-0.15, -0.1) is 0 Å². The summed E-state index contributed by atoms with van der Waals surface area (Å²) < 4.78 is 0. The zero-order valence-corrected chi connectivity index (χ0v) is 10.5. The van der Waals surface area contributed by atoms with Gasteiger partial charge in [0.15, 0.2) is 0 Å². The van der Waals surface area contributed by atoms with E-state index in [1.807, 2.05) is 0 Å². The van der Waals surface area contributed by atoms with Gasteiger partial charge in [0.2, 0.25) is 0 Å². The van der Waals surface area contributed by atoms with Gasteiger partial charge in [0, 0.05) is 0 Å². The normalized spacial score (nSPS) is 58.3. The highest BCUT2D eigenvalue weighted by molar-refractivity contribution is 5.27. The summed E-state index contributed by atoms with van der Waals surface area (Å²) in [7, 11) is 0. The summed E-state index contributed by atoms with van der Waals surface area (Å²) in [5, 5.41) is 0. The fourth-order valence-electron chi connectivity index (χ4n) is 5.55. The van der Waals surface area contributed by atoms with Gasteiger partial charge in [-0.1, -0.05) is 39.3 Å². The van der Waals surface area contributed by atoms with Crippen LogP contribution in [0.5, 0.6) is 0 Å². The second-order valence-electron chi connectivity index (χ2n) is 7.09. The van der Waals surface area contributed by atoms with Crippen LogP contribution in [0.3, 0.4) is 0 Å². The van der Waals surface area contributed by atoms with Crippen molar-refractivity contribution in [2.45, 2.75) is 59.3 Å². The van der Waals surface area contributed by atoms with Crippen LogP contribution < -0.4 is 0 Å². The Hall–Kier alpha value is -0.260. The number of allylic oxidation sites excluding steroid dienone is 1. The fourth-order valence-corrected chi connectivity index (χ4v) is 5.55. The molecule has 3 aliphatic carbocycles. The summed E-state index contributed by atoms with van der Waals surface area (Å²) in [6.07, 6.45) is 8.51. The molecule has 3 rings (SSSR count). The molecule has 0 spiro atoms. The molecule has 4 bridgehead atoms. The van der Waals surface area contributed by atoms with E-state index in [4.69, 9.17) is 0 Å². The molecule has 0 aromatic heterocycles. The molecule has 0 radical (unpaired) electrons. The van der Waals surface area contributed by atoms with E-state index in [0.717, 1.165) is 5.92 Å². The fraction of sp³-hybridized carbons (Fsp3) is 0.867. The molecular formula is C15H24. The molecule has 0 aliphatic heterocycles. The van der Waals surface area contributed by atoms with Gasteiger partial charge in [-0.2, -0.15) is 0 Å². The van der Waals surface area contributed by atoms with E-state index < -0.39 is 0 Å². The molecule has 3 fully saturated rings. The molecule has 3 saturated carbocycles. The summed E-state index contributed by atoms with van der Waals surface area (Å²) in [6.45, 7) is 12.1. The molecule has 4 atom stereocenters. The van der Waals surface area contributed by atoms with Crippen LogP contribution in [0.2, 0.25) is 0 Å². The molecular weight excluding hydrogens is 180 g/mol. The van der Waals surface area contributed by atoms with Crippen LogP contribution >= 0.6 is 0 Å². The van der Waals surface area contributed by atoms with Crippen molar-refractivity contribution in [3.05, 3.63) is 12.2 Å². The summed E-state index contributed by atoms with van der Waals surface area (Å²) in [5.74, 6) is 0.843. The maximum Gasteiger partial charge on any atom is -0.0146 e. The first-order valence-electron chi connectivity index (χ1n) is 6.61. The van der Waals surface area contributed by atoms with Gasteiger partial charge in [0.05, 0.1) is 0 Å². The molecule has 0 nitrogen and oxygen atoms in total. The lowest BCUT2D eigenvalue weighted by atomic mass is 9.41. The molecule has 15 heavy (non-hydrogen) atoms. The van der Waals surface area contributed by atoms with E-state index in [-0.39, 0.29) is 0 Å². The van der Waals surface area contributed by atoms with Crippen molar-refractivity contribution >= 4 is 0 Å². The Morgan fingerprint density at radius 2 is 1.87 bits per heavy atom. The number of rotatable bonds is 0. The first-order valence-corrected chi connectivity index (χ1v) is 6.61. The third kappa shape index (κ3) is 0.867. The molecule has 0 amide bonds. The van der Waals surface area contributed by atoms with Gasteiger partial charge in [-0.3, -0.25) is 0 Å². The van der Waals surface area contributed by atoms with Crippen LogP contribution in [0.4, 0.5) is 0 Å². The van der Waals surface area contributed by atoms with Crippen LogP contribution in [0.15, 0.2) is 12.2 Å². The Morgan fingerprint density at radius 3 is 2.60 bits per heavy atom. The lowest BCUT2D eigenvalue weighted by molar-refractivity contribution is -0.111. The average Bonchev–Trinajstić information content (AvgIpc) is 2.34. The first kappa shape index (κ1) is 9.93. The Kier molecular flexibility index (Phi) is 1.67. The topological polar surface area (TPSA) is 0 Å². The van der Waals surface area contributed by atoms with Crippen molar-refractivity contribution in [2.24, 2.45) is 22.2 Å². The highest BCUT2D eigenvalue weighted by Crippen LogP contribution is 2.75. The molecule has 0 aromatic carbocycles. The highest BCUT2D eigenvalue weighted by atomic mass is 14.7. The van der Waals surface area contributed by atoms with Crippen LogP contribution in [0.1, 0.15) is 59.3 Å². The Labute approximate surface area is 94.1 Å². The van der Waals surface area contributed by atoms with Crippen molar-refractivity contribution in [3.63, 3.8) is 0 Å². The van der Waals surface area contributed by atoms with Crippen molar-refractivity contribution in [1.29, 1.82) is 0 Å². The minimum Gasteiger partial charge on any atom is -0.0995 e. The number of hydrogen-bond donors (Lipinski definition) is 0. The van der Waals surface area contributed by atoms with Gasteiger partial charge in [0.1, 0.15) is 0 Å². The van der Waals surface area contributed by atoms with Crippen LogP contribution in [-0.2, 0) is 0 Å². The summed E-state index contributed by atoms with van der Waals surface area (Å²) in [5.41, 5.74) is 3.32. The van der Waals surface area contributed by atoms with E-state index in [0.29, 0.717) is 16.2 Å². The van der Waals surface area contributed by atoms with Crippen molar-refractivity contribution in [3.8, 4) is 0 Å². The van der Waals surface area contributed by atoms with Gasteiger partial charge in [0.25, 0.3) is 0 Å². The lowest BCUT2D eigenvalue weighted by Crippen LogP contribution is -2.55. The second-order valence-corrected chi connectivity index (χ2v) is 7.09. The van der Waals surface area contributed by atoms with Gasteiger partial charge in [-0.05, 0) is 54.3 Å². The van der Waals surface area contributed by atoms with E-state index in [2.05, 4.69) is 27.4 Å². The predicted molar refractivity (Wildman–Crippen MR) is 64.7 cm³/mol. The van der Waals surface area contributed by atoms with Crippen LogP contribution in [0.25, 0.3) is 0 Å². The lowest BCUT2D eigenvalue weighted by Gasteiger charge is -2.63. The molecule has 0 N–H and O–H groups in total. The molecule has 0 saturated heterocycles. The average molecular weight is 204 g/mol. The standard InChI is InChI=1S/C15H24/c1-11-10-13(2)7-5-8-14(3)12(11)6-9-15(13,14)4/h12H,1,5-10H2,2-4H3/t12-,13-,14+,15+/m1/s1. The molecule has 0 heterocycles. The zero-order valence-electron chi connectivity index (χ0n) is 10.5. The Balaban J connectivity index is 2.19. The Bertz CT molecular complexity index is 329. The third-order valence-electron chi connectivity index (χ3n) is 6.83. The van der Waals surface area contributed by atoms with E-state index in [9.17, 15) is 0 Å². The highest BCUT2D eigenvalue weighted by Gasteiger charge is 2.66. The summed E-state index contributed by atoms with van der Waals surface area (Å²) in [4.78, 5) is 0. The van der Waals surface area contributed by atoms with E-state index >= 15 is 0 Å². The van der Waals surface area contributed by atoms with Crippen molar-refractivity contribution in [1.82, 2.24) is 0 Å². The van der Waals surface area contributed by atoms with Gasteiger partial charge >= 0.3 is 0 Å². The van der Waals surface area contributed by atoms with Gasteiger partial charge in [-0.25, -0.2) is 0 Å². The molecule has 0 unspecified atom stereocenters. The smallest absolute Gasteiger partial charge is 0.0146 e. The second kappa shape index (κ2) is 2.52. The predicted octanol–water partition coefficient (Wildman–Crippen LogP) is 4.56. The maximum atomic E-state index is 4.40. The first-order chi connectivity index (χ1) is 6.93. The molecule has 3 aliphatic rings. The monoisotopic (exact) mass is 204 g/mol.